The molecule has 23 heavy (non-hydrogen) atoms. The highest BCUT2D eigenvalue weighted by atomic mass is 35.5. The lowest BCUT2D eigenvalue weighted by atomic mass is 10.2. The van der Waals surface area contributed by atoms with Crippen LogP contribution in [0.25, 0.3) is 10.2 Å². The van der Waals surface area contributed by atoms with Crippen LogP contribution in [0.4, 0.5) is 11.4 Å². The van der Waals surface area contributed by atoms with Crippen LogP contribution in [-0.4, -0.2) is 16.4 Å². The molecule has 1 aromatic carbocycles. The average molecular weight is 348 g/mol. The van der Waals surface area contributed by atoms with Crippen molar-refractivity contribution in [1.82, 2.24) is 4.57 Å². The molecule has 0 aliphatic carbocycles. The molecule has 2 amide bonds. The van der Waals surface area contributed by atoms with Crippen molar-refractivity contribution in [1.29, 1.82) is 0 Å². The van der Waals surface area contributed by atoms with Crippen molar-refractivity contribution in [3.05, 3.63) is 46.4 Å². The van der Waals surface area contributed by atoms with Gasteiger partial charge in [0.2, 0.25) is 5.91 Å². The van der Waals surface area contributed by atoms with E-state index in [1.807, 2.05) is 23.7 Å². The smallest absolute Gasteiger partial charge is 0.272 e. The number of hydrogen-bond donors (Lipinski definition) is 2. The fourth-order valence-electron chi connectivity index (χ4n) is 2.33. The number of aryl methyl sites for hydroxylation is 1. The number of thiophene rings is 1. The summed E-state index contributed by atoms with van der Waals surface area (Å²) in [5, 5.41) is 5.52. The Morgan fingerprint density at radius 1 is 1.09 bits per heavy atom. The fraction of sp³-hybridized carbons (Fsp3) is 0.125. The summed E-state index contributed by atoms with van der Waals surface area (Å²) in [7, 11) is 1.83. The predicted molar refractivity (Wildman–Crippen MR) is 94.5 cm³/mol. The molecule has 0 aliphatic heterocycles. The van der Waals surface area contributed by atoms with Crippen LogP contribution in [0.1, 0.15) is 17.4 Å². The summed E-state index contributed by atoms with van der Waals surface area (Å²) < 4.78 is 3.49. The normalized spacial score (nSPS) is 10.7. The van der Waals surface area contributed by atoms with Crippen molar-refractivity contribution in [2.75, 3.05) is 10.6 Å². The molecule has 2 N–H and O–H groups in total. The van der Waals surface area contributed by atoms with Crippen LogP contribution in [-0.2, 0) is 11.8 Å². The number of hydrogen-bond acceptors (Lipinski definition) is 3. The third kappa shape index (κ3) is 3.23. The Kier molecular flexibility index (Phi) is 4.11. The van der Waals surface area contributed by atoms with Crippen molar-refractivity contribution in [3.8, 4) is 0 Å². The van der Waals surface area contributed by atoms with Crippen molar-refractivity contribution in [3.63, 3.8) is 0 Å². The maximum atomic E-state index is 12.4. The number of anilines is 2. The number of benzene rings is 1. The van der Waals surface area contributed by atoms with Crippen LogP contribution >= 0.6 is 22.9 Å². The second kappa shape index (κ2) is 6.06. The quantitative estimate of drug-likeness (QED) is 0.749. The third-order valence-corrected chi connectivity index (χ3v) is 4.60. The number of nitrogens with one attached hydrogen (secondary N) is 2. The molecule has 0 radical (unpaired) electrons. The minimum atomic E-state index is -0.195. The van der Waals surface area contributed by atoms with Crippen LogP contribution in [0.2, 0.25) is 4.34 Å². The van der Waals surface area contributed by atoms with Gasteiger partial charge in [-0.1, -0.05) is 11.6 Å². The number of carbonyl (C=O) groups is 2. The molecule has 3 aromatic rings. The SMILES string of the molecule is CC(=O)Nc1ccc(NC(=O)c2cc3sc(Cl)cc3n2C)cc1. The van der Waals surface area contributed by atoms with Crippen molar-refractivity contribution in [2.24, 2.45) is 7.05 Å². The molecule has 0 bridgehead atoms. The van der Waals surface area contributed by atoms with Gasteiger partial charge in [-0.3, -0.25) is 9.59 Å². The average Bonchev–Trinajstić information content (AvgIpc) is 2.99. The predicted octanol–water partition coefficient (Wildman–Crippen LogP) is 4.10. The van der Waals surface area contributed by atoms with E-state index in [4.69, 9.17) is 11.6 Å². The second-order valence-corrected chi connectivity index (χ2v) is 6.82. The summed E-state index contributed by atoms with van der Waals surface area (Å²) >= 11 is 7.43. The van der Waals surface area contributed by atoms with E-state index in [1.165, 1.54) is 18.3 Å². The van der Waals surface area contributed by atoms with Gasteiger partial charge < -0.3 is 15.2 Å². The Bertz CT molecular complexity index is 896. The van der Waals surface area contributed by atoms with E-state index in [2.05, 4.69) is 10.6 Å². The number of nitrogens with zero attached hydrogens (tertiary/aromatic N) is 1. The first kappa shape index (κ1) is 15.6. The summed E-state index contributed by atoms with van der Waals surface area (Å²) in [5.41, 5.74) is 2.84. The lowest BCUT2D eigenvalue weighted by Gasteiger charge is -2.08. The Morgan fingerprint density at radius 3 is 2.26 bits per heavy atom. The zero-order chi connectivity index (χ0) is 16.6. The number of halogens is 1. The molecule has 7 heteroatoms. The van der Waals surface area contributed by atoms with E-state index < -0.39 is 0 Å². The molecule has 0 unspecified atom stereocenters. The maximum absolute atomic E-state index is 12.4. The van der Waals surface area contributed by atoms with Gasteiger partial charge in [-0.05, 0) is 36.4 Å². The van der Waals surface area contributed by atoms with E-state index >= 15 is 0 Å². The summed E-state index contributed by atoms with van der Waals surface area (Å²) in [5.74, 6) is -0.330. The Hall–Kier alpha value is -2.31. The van der Waals surface area contributed by atoms with Crippen LogP contribution < -0.4 is 10.6 Å². The highest BCUT2D eigenvalue weighted by molar-refractivity contribution is 7.22. The van der Waals surface area contributed by atoms with Gasteiger partial charge in [0.05, 0.1) is 14.6 Å². The lowest BCUT2D eigenvalue weighted by Crippen LogP contribution is -2.15. The van der Waals surface area contributed by atoms with Crippen molar-refractivity contribution >= 4 is 56.3 Å². The van der Waals surface area contributed by atoms with Crippen molar-refractivity contribution in [2.45, 2.75) is 6.92 Å². The second-order valence-electron chi connectivity index (χ2n) is 5.10. The first-order valence-corrected chi connectivity index (χ1v) is 8.07. The Morgan fingerprint density at radius 2 is 1.70 bits per heavy atom. The molecule has 0 saturated heterocycles. The highest BCUT2D eigenvalue weighted by Gasteiger charge is 2.15. The molecule has 0 atom stereocenters. The van der Waals surface area contributed by atoms with Gasteiger partial charge in [0.1, 0.15) is 5.69 Å². The Balaban J connectivity index is 1.78. The molecule has 0 aliphatic rings. The van der Waals surface area contributed by atoms with Gasteiger partial charge in [0, 0.05) is 25.3 Å². The van der Waals surface area contributed by atoms with Crippen LogP contribution in [0.15, 0.2) is 36.4 Å². The van der Waals surface area contributed by atoms with E-state index in [0.717, 1.165) is 10.2 Å². The minimum absolute atomic E-state index is 0.135. The summed E-state index contributed by atoms with van der Waals surface area (Å²) in [6.45, 7) is 1.45. The first-order chi connectivity index (χ1) is 10.9. The first-order valence-electron chi connectivity index (χ1n) is 6.88. The van der Waals surface area contributed by atoms with Crippen LogP contribution in [0, 0.1) is 0 Å². The molecular weight excluding hydrogens is 334 g/mol. The molecule has 118 valence electrons. The third-order valence-electron chi connectivity index (χ3n) is 3.40. The number of amides is 2. The van der Waals surface area contributed by atoms with Crippen LogP contribution in [0.5, 0.6) is 0 Å². The number of carbonyl (C=O) groups excluding carboxylic acids is 2. The topological polar surface area (TPSA) is 63.1 Å². The molecule has 0 spiro atoms. The Labute approximate surface area is 141 Å². The highest BCUT2D eigenvalue weighted by Crippen LogP contribution is 2.31. The molecule has 0 fully saturated rings. The molecule has 2 heterocycles. The van der Waals surface area contributed by atoms with E-state index in [0.29, 0.717) is 21.4 Å². The van der Waals surface area contributed by atoms with Crippen LogP contribution in [0.3, 0.4) is 0 Å². The number of aromatic nitrogens is 1. The van der Waals surface area contributed by atoms with Gasteiger partial charge in [-0.2, -0.15) is 0 Å². The lowest BCUT2D eigenvalue weighted by molar-refractivity contribution is -0.114. The van der Waals surface area contributed by atoms with Gasteiger partial charge >= 0.3 is 0 Å². The molecule has 2 aromatic heterocycles. The molecular formula is C16H14ClN3O2S. The van der Waals surface area contributed by atoms with Gasteiger partial charge in [0.15, 0.2) is 0 Å². The zero-order valence-electron chi connectivity index (χ0n) is 12.5. The maximum Gasteiger partial charge on any atom is 0.272 e. The molecule has 0 saturated carbocycles. The van der Waals surface area contributed by atoms with Gasteiger partial charge in [0.25, 0.3) is 5.91 Å². The number of fused-ring (bicyclic) bond motifs is 1. The van der Waals surface area contributed by atoms with E-state index in [-0.39, 0.29) is 11.8 Å². The fourth-order valence-corrected chi connectivity index (χ4v) is 3.54. The molecule has 3 rings (SSSR count). The largest absolute Gasteiger partial charge is 0.339 e. The standard InChI is InChI=1S/C16H14ClN3O2S/c1-9(21)18-10-3-5-11(6-4-10)19-16(22)13-7-14-12(20(13)2)8-15(17)23-14/h3-8H,1-2H3,(H,18,21)(H,19,22). The summed E-state index contributed by atoms with van der Waals surface area (Å²) in [6, 6.07) is 10.6. The van der Waals surface area contributed by atoms with E-state index in [1.54, 1.807) is 24.3 Å². The zero-order valence-corrected chi connectivity index (χ0v) is 14.1. The van der Waals surface area contributed by atoms with Gasteiger partial charge in [-0.15, -0.1) is 11.3 Å². The number of rotatable bonds is 3. The monoisotopic (exact) mass is 347 g/mol. The van der Waals surface area contributed by atoms with Gasteiger partial charge in [-0.25, -0.2) is 0 Å². The summed E-state index contributed by atoms with van der Waals surface area (Å²) in [4.78, 5) is 23.4. The summed E-state index contributed by atoms with van der Waals surface area (Å²) in [6.07, 6.45) is 0. The molecule has 5 nitrogen and oxygen atoms in total. The van der Waals surface area contributed by atoms with E-state index in [9.17, 15) is 9.59 Å². The minimum Gasteiger partial charge on any atom is -0.339 e. The van der Waals surface area contributed by atoms with Crippen molar-refractivity contribution < 1.29 is 9.59 Å².